The molecule has 0 saturated carbocycles. The average molecular weight is 440 g/mol. The molecule has 3 fully saturated rings. The normalized spacial score (nSPS) is 25.8. The molecule has 3 saturated heterocycles. The zero-order valence-corrected chi connectivity index (χ0v) is 19.0. The molecule has 32 heavy (non-hydrogen) atoms. The van der Waals surface area contributed by atoms with Crippen LogP contribution in [0.3, 0.4) is 0 Å². The molecule has 0 aromatic heterocycles. The minimum atomic E-state index is -0.234. The largest absolute Gasteiger partial charge is 0.394 e. The third-order valence-electron chi connectivity index (χ3n) is 6.61. The van der Waals surface area contributed by atoms with E-state index in [0.29, 0.717) is 32.2 Å². The molecule has 7 nitrogen and oxygen atoms in total. The smallest absolute Gasteiger partial charge is 0.242 e. The van der Waals surface area contributed by atoms with Crippen LogP contribution < -0.4 is 0 Å². The Morgan fingerprint density at radius 3 is 2.59 bits per heavy atom. The molecule has 0 aliphatic carbocycles. The Bertz CT molecular complexity index is 883. The highest BCUT2D eigenvalue weighted by molar-refractivity contribution is 5.88. The van der Waals surface area contributed by atoms with E-state index in [1.165, 1.54) is 0 Å². The van der Waals surface area contributed by atoms with Gasteiger partial charge >= 0.3 is 0 Å². The summed E-state index contributed by atoms with van der Waals surface area (Å²) in [5.41, 5.74) is 2.04. The van der Waals surface area contributed by atoms with Gasteiger partial charge in [-0.05, 0) is 23.6 Å². The number of amides is 2. The summed E-state index contributed by atoms with van der Waals surface area (Å²) in [6.45, 7) is 7.90. The topological polar surface area (TPSA) is 73.3 Å². The van der Waals surface area contributed by atoms with Gasteiger partial charge in [-0.15, -0.1) is 0 Å². The lowest BCUT2D eigenvalue weighted by molar-refractivity contribution is -0.167. The molecule has 4 rings (SSSR count). The monoisotopic (exact) mass is 439 g/mol. The number of aliphatic hydroxyl groups excluding tert-OH is 1. The standard InChI is InChI=1S/C25H33N3O4/c1-18(2)4-3-5-19-6-8-20(9-7-19)25-21-14-27(16-24(31)28(21)22(25)17-29)23(30)15-26-10-12-32-13-11-26/h6-9,18,21-22,25,29H,4,10-17H2,1-2H3/t21-,22+,25+/m1/s1. The summed E-state index contributed by atoms with van der Waals surface area (Å²) >= 11 is 0. The predicted octanol–water partition coefficient (Wildman–Crippen LogP) is 0.914. The number of morpholine rings is 1. The molecule has 1 N–H and O–H groups in total. The molecule has 3 atom stereocenters. The third-order valence-corrected chi connectivity index (χ3v) is 6.61. The van der Waals surface area contributed by atoms with Crippen molar-refractivity contribution in [3.63, 3.8) is 0 Å². The van der Waals surface area contributed by atoms with Crippen LogP contribution in [0.25, 0.3) is 0 Å². The van der Waals surface area contributed by atoms with Crippen LogP contribution in [-0.2, 0) is 14.3 Å². The number of hydrogen-bond acceptors (Lipinski definition) is 5. The molecule has 1 aromatic carbocycles. The number of carbonyl (C=O) groups excluding carboxylic acids is 2. The van der Waals surface area contributed by atoms with E-state index in [1.54, 1.807) is 9.80 Å². The number of carbonyl (C=O) groups is 2. The first-order chi connectivity index (χ1) is 15.5. The van der Waals surface area contributed by atoms with Crippen molar-refractivity contribution in [2.45, 2.75) is 38.3 Å². The second-order valence-electron chi connectivity index (χ2n) is 9.33. The number of benzene rings is 1. The van der Waals surface area contributed by atoms with Gasteiger partial charge in [0, 0.05) is 37.5 Å². The van der Waals surface area contributed by atoms with Gasteiger partial charge in [0.15, 0.2) is 0 Å². The second kappa shape index (κ2) is 10.0. The Morgan fingerprint density at radius 1 is 1.22 bits per heavy atom. The Hall–Kier alpha value is -2.40. The van der Waals surface area contributed by atoms with Crippen molar-refractivity contribution in [2.24, 2.45) is 5.92 Å². The molecule has 0 spiro atoms. The van der Waals surface area contributed by atoms with E-state index in [0.717, 1.165) is 30.6 Å². The first kappa shape index (κ1) is 22.8. The number of hydrogen-bond donors (Lipinski definition) is 1. The maximum absolute atomic E-state index is 12.9. The van der Waals surface area contributed by atoms with E-state index >= 15 is 0 Å². The van der Waals surface area contributed by atoms with Crippen molar-refractivity contribution in [3.05, 3.63) is 35.4 Å². The quantitative estimate of drug-likeness (QED) is 0.691. The average Bonchev–Trinajstić information content (AvgIpc) is 2.76. The van der Waals surface area contributed by atoms with Crippen molar-refractivity contribution in [3.8, 4) is 11.8 Å². The highest BCUT2D eigenvalue weighted by atomic mass is 16.5. The SMILES string of the molecule is CC(C)CC#Cc1ccc([C@H]2[C@H]3CN(C(=O)CN4CCOCC4)CC(=O)N3[C@H]2CO)cc1. The van der Waals surface area contributed by atoms with Gasteiger partial charge in [0.1, 0.15) is 0 Å². The van der Waals surface area contributed by atoms with Gasteiger partial charge in [-0.1, -0.05) is 37.8 Å². The molecule has 1 aromatic rings. The van der Waals surface area contributed by atoms with Crippen LogP contribution in [0.15, 0.2) is 24.3 Å². The van der Waals surface area contributed by atoms with Crippen molar-refractivity contribution in [1.29, 1.82) is 0 Å². The highest BCUT2D eigenvalue weighted by Crippen LogP contribution is 2.42. The van der Waals surface area contributed by atoms with Crippen LogP contribution in [0.5, 0.6) is 0 Å². The number of aliphatic hydroxyl groups is 1. The Balaban J connectivity index is 1.44. The van der Waals surface area contributed by atoms with Crippen LogP contribution in [-0.4, -0.2) is 96.2 Å². The van der Waals surface area contributed by atoms with E-state index in [1.807, 2.05) is 24.3 Å². The van der Waals surface area contributed by atoms with Gasteiger partial charge in [-0.3, -0.25) is 14.5 Å². The lowest BCUT2D eigenvalue weighted by Gasteiger charge is -2.58. The molecule has 172 valence electrons. The number of ether oxygens (including phenoxy) is 1. The zero-order chi connectivity index (χ0) is 22.7. The van der Waals surface area contributed by atoms with Gasteiger partial charge in [-0.2, -0.15) is 0 Å². The summed E-state index contributed by atoms with van der Waals surface area (Å²) in [4.78, 5) is 31.2. The van der Waals surface area contributed by atoms with Crippen molar-refractivity contribution >= 4 is 11.8 Å². The fourth-order valence-electron chi connectivity index (χ4n) is 4.89. The fraction of sp³-hybridized carbons (Fsp3) is 0.600. The summed E-state index contributed by atoms with van der Waals surface area (Å²) in [7, 11) is 0. The van der Waals surface area contributed by atoms with E-state index < -0.39 is 0 Å². The molecular formula is C25H33N3O4. The van der Waals surface area contributed by atoms with Crippen molar-refractivity contribution in [2.75, 3.05) is 52.5 Å². The van der Waals surface area contributed by atoms with Crippen LogP contribution in [0, 0.1) is 17.8 Å². The molecule has 0 unspecified atom stereocenters. The minimum absolute atomic E-state index is 0.0122. The number of rotatable bonds is 5. The minimum Gasteiger partial charge on any atom is -0.394 e. The molecule has 3 aliphatic heterocycles. The molecule has 0 radical (unpaired) electrons. The van der Waals surface area contributed by atoms with Crippen LogP contribution >= 0.6 is 0 Å². The first-order valence-corrected chi connectivity index (χ1v) is 11.6. The van der Waals surface area contributed by atoms with Crippen molar-refractivity contribution < 1.29 is 19.4 Å². The van der Waals surface area contributed by atoms with Gasteiger partial charge in [0.05, 0.1) is 45.0 Å². The van der Waals surface area contributed by atoms with Crippen molar-refractivity contribution in [1.82, 2.24) is 14.7 Å². The fourth-order valence-corrected chi connectivity index (χ4v) is 4.89. The summed E-state index contributed by atoms with van der Waals surface area (Å²) in [6.07, 6.45) is 0.866. The van der Waals surface area contributed by atoms with Gasteiger partial charge in [0.2, 0.25) is 11.8 Å². The lowest BCUT2D eigenvalue weighted by Crippen LogP contribution is -2.73. The van der Waals surface area contributed by atoms with Crippen LogP contribution in [0.4, 0.5) is 0 Å². The first-order valence-electron chi connectivity index (χ1n) is 11.6. The van der Waals surface area contributed by atoms with E-state index in [9.17, 15) is 14.7 Å². The number of piperazine rings is 1. The van der Waals surface area contributed by atoms with Gasteiger partial charge in [0.25, 0.3) is 0 Å². The molecule has 0 bridgehead atoms. The highest BCUT2D eigenvalue weighted by Gasteiger charge is 2.54. The molecule has 7 heteroatoms. The number of fused-ring (bicyclic) bond motifs is 1. The maximum Gasteiger partial charge on any atom is 0.242 e. The zero-order valence-electron chi connectivity index (χ0n) is 19.0. The second-order valence-corrected chi connectivity index (χ2v) is 9.33. The van der Waals surface area contributed by atoms with E-state index in [2.05, 4.69) is 30.6 Å². The molecule has 3 heterocycles. The molecule has 3 aliphatic rings. The van der Waals surface area contributed by atoms with Gasteiger partial charge < -0.3 is 19.6 Å². The Morgan fingerprint density at radius 2 is 1.94 bits per heavy atom. The Labute approximate surface area is 190 Å². The summed E-state index contributed by atoms with van der Waals surface area (Å²) in [5, 5.41) is 9.97. The molecular weight excluding hydrogens is 406 g/mol. The molecule has 2 amide bonds. The predicted molar refractivity (Wildman–Crippen MR) is 121 cm³/mol. The lowest BCUT2D eigenvalue weighted by atomic mass is 9.73. The maximum atomic E-state index is 12.9. The summed E-state index contributed by atoms with van der Waals surface area (Å²) < 4.78 is 5.35. The Kier molecular flexibility index (Phi) is 7.14. The summed E-state index contributed by atoms with van der Waals surface area (Å²) in [5.74, 6) is 6.87. The van der Waals surface area contributed by atoms with Gasteiger partial charge in [-0.25, -0.2) is 0 Å². The number of nitrogens with zero attached hydrogens (tertiary/aromatic N) is 3. The third kappa shape index (κ3) is 4.83. The van der Waals surface area contributed by atoms with Crippen LogP contribution in [0.2, 0.25) is 0 Å². The van der Waals surface area contributed by atoms with E-state index in [-0.39, 0.29) is 43.0 Å². The van der Waals surface area contributed by atoms with E-state index in [4.69, 9.17) is 4.74 Å². The summed E-state index contributed by atoms with van der Waals surface area (Å²) in [6, 6.07) is 7.77. The van der Waals surface area contributed by atoms with Crippen LogP contribution in [0.1, 0.15) is 37.3 Å².